The van der Waals surface area contributed by atoms with Crippen molar-refractivity contribution in [1.29, 1.82) is 0 Å². The molecule has 0 fully saturated rings. The van der Waals surface area contributed by atoms with E-state index in [0.29, 0.717) is 5.76 Å². The van der Waals surface area contributed by atoms with Crippen molar-refractivity contribution in [3.63, 3.8) is 0 Å². The SMILES string of the molecule is C=C(C=C(CC)OC)OC. The van der Waals surface area contributed by atoms with Crippen LogP contribution in [0.4, 0.5) is 0 Å². The molecule has 0 aliphatic rings. The van der Waals surface area contributed by atoms with E-state index in [2.05, 4.69) is 6.58 Å². The summed E-state index contributed by atoms with van der Waals surface area (Å²) >= 11 is 0. The minimum absolute atomic E-state index is 0.624. The molecule has 0 aromatic carbocycles. The van der Waals surface area contributed by atoms with Gasteiger partial charge in [-0.05, 0) is 0 Å². The highest BCUT2D eigenvalue weighted by molar-refractivity contribution is 5.10. The summed E-state index contributed by atoms with van der Waals surface area (Å²) in [6.07, 6.45) is 2.64. The average Bonchev–Trinajstić information content (AvgIpc) is 1.99. The summed E-state index contributed by atoms with van der Waals surface area (Å²) < 4.78 is 9.83. The normalized spacial score (nSPS) is 10.9. The number of rotatable bonds is 4. The Bertz CT molecular complexity index is 130. The van der Waals surface area contributed by atoms with Crippen molar-refractivity contribution in [3.05, 3.63) is 24.2 Å². The fraction of sp³-hybridized carbons (Fsp3) is 0.500. The molecule has 0 aliphatic carbocycles. The van der Waals surface area contributed by atoms with Crippen LogP contribution in [-0.2, 0) is 9.47 Å². The second-order valence-corrected chi connectivity index (χ2v) is 1.84. The molecule has 0 rings (SSSR count). The van der Waals surface area contributed by atoms with Gasteiger partial charge in [0.05, 0.1) is 20.0 Å². The Morgan fingerprint density at radius 2 is 2.00 bits per heavy atom. The monoisotopic (exact) mass is 142 g/mol. The molecule has 0 amide bonds. The van der Waals surface area contributed by atoms with E-state index in [-0.39, 0.29) is 0 Å². The maximum Gasteiger partial charge on any atom is 0.115 e. The van der Waals surface area contributed by atoms with Crippen molar-refractivity contribution in [3.8, 4) is 0 Å². The number of ether oxygens (including phenoxy) is 2. The summed E-state index contributed by atoms with van der Waals surface area (Å²) in [4.78, 5) is 0. The molecule has 10 heavy (non-hydrogen) atoms. The van der Waals surface area contributed by atoms with Gasteiger partial charge in [-0.1, -0.05) is 13.5 Å². The predicted molar refractivity (Wildman–Crippen MR) is 41.5 cm³/mol. The van der Waals surface area contributed by atoms with Crippen LogP contribution in [0.5, 0.6) is 0 Å². The van der Waals surface area contributed by atoms with Crippen molar-refractivity contribution in [2.45, 2.75) is 13.3 Å². The van der Waals surface area contributed by atoms with Crippen LogP contribution in [0.2, 0.25) is 0 Å². The molecule has 0 radical (unpaired) electrons. The van der Waals surface area contributed by atoms with Crippen molar-refractivity contribution in [2.75, 3.05) is 14.2 Å². The van der Waals surface area contributed by atoms with E-state index >= 15 is 0 Å². The van der Waals surface area contributed by atoms with Crippen LogP contribution in [0.25, 0.3) is 0 Å². The van der Waals surface area contributed by atoms with Gasteiger partial charge in [0, 0.05) is 12.5 Å². The van der Waals surface area contributed by atoms with Crippen molar-refractivity contribution >= 4 is 0 Å². The molecule has 0 heterocycles. The van der Waals surface area contributed by atoms with Crippen LogP contribution < -0.4 is 0 Å². The summed E-state index contributed by atoms with van der Waals surface area (Å²) in [5, 5.41) is 0. The van der Waals surface area contributed by atoms with Gasteiger partial charge in [-0.25, -0.2) is 0 Å². The quantitative estimate of drug-likeness (QED) is 0.442. The summed E-state index contributed by atoms with van der Waals surface area (Å²) in [6.45, 7) is 5.64. The van der Waals surface area contributed by atoms with Crippen molar-refractivity contribution in [2.24, 2.45) is 0 Å². The fourth-order valence-electron chi connectivity index (χ4n) is 0.544. The Kier molecular flexibility index (Phi) is 4.46. The van der Waals surface area contributed by atoms with Crippen LogP contribution >= 0.6 is 0 Å². The molecular formula is C8H14O2. The minimum atomic E-state index is 0.624. The lowest BCUT2D eigenvalue weighted by atomic mass is 10.3. The topological polar surface area (TPSA) is 18.5 Å². The van der Waals surface area contributed by atoms with Gasteiger partial charge in [-0.2, -0.15) is 0 Å². The van der Waals surface area contributed by atoms with Gasteiger partial charge >= 0.3 is 0 Å². The molecule has 2 nitrogen and oxygen atoms in total. The zero-order valence-corrected chi connectivity index (χ0v) is 6.81. The molecule has 0 atom stereocenters. The maximum absolute atomic E-state index is 4.99. The third-order valence-electron chi connectivity index (χ3n) is 1.19. The first kappa shape index (κ1) is 9.08. The summed E-state index contributed by atoms with van der Waals surface area (Å²) in [5.41, 5.74) is 0. The van der Waals surface area contributed by atoms with Gasteiger partial charge in [0.15, 0.2) is 0 Å². The van der Waals surface area contributed by atoms with Crippen LogP contribution in [0.1, 0.15) is 13.3 Å². The highest BCUT2D eigenvalue weighted by Crippen LogP contribution is 2.05. The van der Waals surface area contributed by atoms with E-state index < -0.39 is 0 Å². The first-order valence-electron chi connectivity index (χ1n) is 3.22. The van der Waals surface area contributed by atoms with E-state index in [4.69, 9.17) is 9.47 Å². The zero-order chi connectivity index (χ0) is 7.98. The van der Waals surface area contributed by atoms with Crippen molar-refractivity contribution < 1.29 is 9.47 Å². The van der Waals surface area contributed by atoms with Crippen LogP contribution in [0, 0.1) is 0 Å². The highest BCUT2D eigenvalue weighted by atomic mass is 16.5. The van der Waals surface area contributed by atoms with Crippen LogP contribution in [-0.4, -0.2) is 14.2 Å². The average molecular weight is 142 g/mol. The Morgan fingerprint density at radius 1 is 1.40 bits per heavy atom. The molecule has 0 aromatic rings. The second kappa shape index (κ2) is 4.91. The first-order valence-corrected chi connectivity index (χ1v) is 3.22. The molecule has 0 spiro atoms. The van der Waals surface area contributed by atoms with Crippen LogP contribution in [0.15, 0.2) is 24.2 Å². The molecule has 0 unspecified atom stereocenters. The molecule has 2 heteroatoms. The van der Waals surface area contributed by atoms with Crippen LogP contribution in [0.3, 0.4) is 0 Å². The van der Waals surface area contributed by atoms with E-state index in [0.717, 1.165) is 12.2 Å². The van der Waals surface area contributed by atoms with Gasteiger partial charge in [0.2, 0.25) is 0 Å². The Hall–Kier alpha value is -0.920. The Morgan fingerprint density at radius 3 is 2.30 bits per heavy atom. The summed E-state index contributed by atoms with van der Waals surface area (Å²) in [7, 11) is 3.22. The standard InChI is InChI=1S/C8H14O2/c1-5-8(10-4)6-7(2)9-3/h6H,2,5H2,1,3-4H3. The predicted octanol–water partition coefficient (Wildman–Crippen LogP) is 2.09. The van der Waals surface area contributed by atoms with Gasteiger partial charge < -0.3 is 9.47 Å². The Balaban J connectivity index is 3.96. The third-order valence-corrected chi connectivity index (χ3v) is 1.19. The number of hydrogen-bond acceptors (Lipinski definition) is 2. The summed E-state index contributed by atoms with van der Waals surface area (Å²) in [5.74, 6) is 1.51. The van der Waals surface area contributed by atoms with Gasteiger partial charge in [-0.15, -0.1) is 0 Å². The fourth-order valence-corrected chi connectivity index (χ4v) is 0.544. The largest absolute Gasteiger partial charge is 0.501 e. The third kappa shape index (κ3) is 3.17. The molecule has 0 aromatic heterocycles. The first-order chi connectivity index (χ1) is 4.74. The molecule has 0 saturated heterocycles. The second-order valence-electron chi connectivity index (χ2n) is 1.84. The van der Waals surface area contributed by atoms with E-state index in [9.17, 15) is 0 Å². The smallest absolute Gasteiger partial charge is 0.115 e. The number of hydrogen-bond donors (Lipinski definition) is 0. The molecule has 0 bridgehead atoms. The molecular weight excluding hydrogens is 128 g/mol. The zero-order valence-electron chi connectivity index (χ0n) is 6.81. The molecule has 58 valence electrons. The lowest BCUT2D eigenvalue weighted by Crippen LogP contribution is -1.86. The van der Waals surface area contributed by atoms with E-state index in [1.807, 2.05) is 6.92 Å². The molecule has 0 saturated carbocycles. The number of methoxy groups -OCH3 is 2. The molecule has 0 N–H and O–H groups in total. The van der Waals surface area contributed by atoms with E-state index in [1.54, 1.807) is 20.3 Å². The lowest BCUT2D eigenvalue weighted by Gasteiger charge is -2.02. The maximum atomic E-state index is 4.99. The molecule has 0 aliphatic heterocycles. The van der Waals surface area contributed by atoms with Crippen molar-refractivity contribution in [1.82, 2.24) is 0 Å². The minimum Gasteiger partial charge on any atom is -0.501 e. The highest BCUT2D eigenvalue weighted by Gasteiger charge is 1.91. The van der Waals surface area contributed by atoms with E-state index in [1.165, 1.54) is 0 Å². The Labute approximate surface area is 62.1 Å². The van der Waals surface area contributed by atoms with Gasteiger partial charge in [-0.3, -0.25) is 0 Å². The van der Waals surface area contributed by atoms with Gasteiger partial charge in [0.1, 0.15) is 5.76 Å². The van der Waals surface area contributed by atoms with Gasteiger partial charge in [0.25, 0.3) is 0 Å². The lowest BCUT2D eigenvalue weighted by molar-refractivity contribution is 0.268. The summed E-state index contributed by atoms with van der Waals surface area (Å²) in [6, 6.07) is 0. The number of allylic oxidation sites excluding steroid dienone is 2.